The number of fused-ring (bicyclic) bond motifs is 5. The van der Waals surface area contributed by atoms with Gasteiger partial charge in [-0.25, -0.2) is 4.79 Å². The van der Waals surface area contributed by atoms with Gasteiger partial charge in [-0.3, -0.25) is 0 Å². The molecule has 0 amide bonds. The first-order valence-electron chi connectivity index (χ1n) is 15.4. The van der Waals surface area contributed by atoms with Gasteiger partial charge < -0.3 is 14.9 Å². The van der Waals surface area contributed by atoms with Gasteiger partial charge >= 0.3 is 5.97 Å². The Morgan fingerprint density at radius 3 is 2.50 bits per heavy atom. The van der Waals surface area contributed by atoms with E-state index in [0.717, 1.165) is 37.7 Å². The van der Waals surface area contributed by atoms with Crippen LogP contribution in [0, 0.1) is 52.3 Å². The Hall–Kier alpha value is -1.65. The van der Waals surface area contributed by atoms with Crippen molar-refractivity contribution >= 4 is 12.0 Å². The third-order valence-corrected chi connectivity index (χ3v) is 12.3. The number of hydrogen-bond acceptors (Lipinski definition) is 4. The normalized spacial score (nSPS) is 43.2. The first kappa shape index (κ1) is 27.9. The Morgan fingerprint density at radius 2 is 1.76 bits per heavy atom. The zero-order valence-corrected chi connectivity index (χ0v) is 24.2. The van der Waals surface area contributed by atoms with Gasteiger partial charge in [-0.15, -0.1) is 0 Å². The minimum absolute atomic E-state index is 0.191. The fraction of sp³-hybridized carbons (Fsp3) is 0.735. The molecule has 4 fully saturated rings. The zero-order chi connectivity index (χ0) is 27.2. The number of aliphatic hydroxyl groups excluding tert-OH is 2. The zero-order valence-electron chi connectivity index (χ0n) is 24.2. The maximum Gasteiger partial charge on any atom is 0.338 e. The van der Waals surface area contributed by atoms with E-state index in [-0.39, 0.29) is 29.0 Å². The first-order chi connectivity index (χ1) is 18.2. The molecule has 0 aliphatic heterocycles. The van der Waals surface area contributed by atoms with Gasteiger partial charge in [0.1, 0.15) is 0 Å². The van der Waals surface area contributed by atoms with Crippen LogP contribution in [0.1, 0.15) is 101 Å². The molecule has 0 bridgehead atoms. The summed E-state index contributed by atoms with van der Waals surface area (Å²) >= 11 is 0. The highest BCUT2D eigenvalue weighted by Gasteiger charge is 2.64. The van der Waals surface area contributed by atoms with E-state index in [0.29, 0.717) is 47.0 Å². The molecule has 0 spiro atoms. The second kappa shape index (κ2) is 10.7. The van der Waals surface area contributed by atoms with E-state index < -0.39 is 0 Å². The van der Waals surface area contributed by atoms with E-state index in [9.17, 15) is 15.0 Å². The summed E-state index contributed by atoms with van der Waals surface area (Å²) < 4.78 is 4.97. The molecule has 210 valence electrons. The van der Waals surface area contributed by atoms with Crippen LogP contribution < -0.4 is 0 Å². The highest BCUT2D eigenvalue weighted by Crippen LogP contribution is 2.69. The van der Waals surface area contributed by atoms with E-state index in [1.807, 2.05) is 24.3 Å². The van der Waals surface area contributed by atoms with E-state index in [1.165, 1.54) is 32.8 Å². The van der Waals surface area contributed by atoms with Crippen LogP contribution in [0.3, 0.4) is 0 Å². The minimum atomic E-state index is -0.291. The average Bonchev–Trinajstić information content (AvgIpc) is 3.27. The number of ether oxygens (including phenoxy) is 1. The predicted octanol–water partition coefficient (Wildman–Crippen LogP) is 7.14. The molecular formula is C34H50O4. The molecule has 4 heteroatoms. The molecule has 0 radical (unpaired) electrons. The molecule has 0 heterocycles. The molecule has 4 saturated carbocycles. The lowest BCUT2D eigenvalue weighted by Gasteiger charge is -2.64. The van der Waals surface area contributed by atoms with Crippen LogP contribution in [0.4, 0.5) is 0 Å². The van der Waals surface area contributed by atoms with Gasteiger partial charge in [0.2, 0.25) is 0 Å². The number of allylic oxidation sites excluding steroid dienone is 1. The molecule has 5 rings (SSSR count). The van der Waals surface area contributed by atoms with E-state index in [1.54, 1.807) is 0 Å². The fourth-order valence-corrected chi connectivity index (χ4v) is 10.4. The molecule has 1 aromatic carbocycles. The Bertz CT molecular complexity index is 1030. The molecule has 4 aliphatic carbocycles. The van der Waals surface area contributed by atoms with Gasteiger partial charge in [-0.05, 0) is 115 Å². The average molecular weight is 523 g/mol. The third kappa shape index (κ3) is 4.48. The third-order valence-electron chi connectivity index (χ3n) is 12.3. The van der Waals surface area contributed by atoms with Crippen LogP contribution in [-0.2, 0) is 4.74 Å². The standard InChI is InChI=1S/C34H50O4/c1-6-24-29-20-23(35)16-18-34(29,4)28-17-19-33(3)26(14-15-27(33)30(28)31(24)36)21(2)10-9-12-22-11-7-8-13-25(22)32(37)38-5/h7-9,11-13,21,23-24,26-31,35-36H,6,10,14-20H2,1-5H3/b12-9+/t21-,23-,24-,26-,27+,28+,29?,30?,31-,33-,34+/m1/s1. The van der Waals surface area contributed by atoms with Gasteiger partial charge in [-0.2, -0.15) is 0 Å². The molecule has 2 unspecified atom stereocenters. The van der Waals surface area contributed by atoms with Crippen LogP contribution in [0.2, 0.25) is 0 Å². The molecule has 0 saturated heterocycles. The summed E-state index contributed by atoms with van der Waals surface area (Å²) in [7, 11) is 1.43. The second-order valence-corrected chi connectivity index (χ2v) is 13.8. The highest BCUT2D eigenvalue weighted by atomic mass is 16.5. The van der Waals surface area contributed by atoms with Crippen molar-refractivity contribution in [3.63, 3.8) is 0 Å². The van der Waals surface area contributed by atoms with Gasteiger partial charge in [0, 0.05) is 0 Å². The summed E-state index contributed by atoms with van der Waals surface area (Å²) in [5.74, 6) is 3.25. The van der Waals surface area contributed by atoms with Crippen molar-refractivity contribution < 1.29 is 19.7 Å². The number of carbonyl (C=O) groups is 1. The molecular weight excluding hydrogens is 472 g/mol. The maximum absolute atomic E-state index is 12.2. The molecule has 38 heavy (non-hydrogen) atoms. The van der Waals surface area contributed by atoms with Crippen molar-refractivity contribution in [3.05, 3.63) is 41.5 Å². The van der Waals surface area contributed by atoms with Crippen LogP contribution in [0.5, 0.6) is 0 Å². The number of aliphatic hydroxyl groups is 2. The van der Waals surface area contributed by atoms with Gasteiger partial charge in [0.15, 0.2) is 0 Å². The second-order valence-electron chi connectivity index (χ2n) is 13.8. The van der Waals surface area contributed by atoms with Crippen molar-refractivity contribution in [3.8, 4) is 0 Å². The minimum Gasteiger partial charge on any atom is -0.465 e. The predicted molar refractivity (Wildman–Crippen MR) is 152 cm³/mol. The van der Waals surface area contributed by atoms with Crippen LogP contribution in [-0.4, -0.2) is 35.5 Å². The summed E-state index contributed by atoms with van der Waals surface area (Å²) in [6, 6.07) is 7.65. The molecule has 0 aromatic heterocycles. The number of hydrogen-bond donors (Lipinski definition) is 2. The van der Waals surface area contributed by atoms with E-state index in [4.69, 9.17) is 4.74 Å². The lowest BCUT2D eigenvalue weighted by molar-refractivity contribution is -0.203. The van der Waals surface area contributed by atoms with Crippen molar-refractivity contribution in [1.82, 2.24) is 0 Å². The van der Waals surface area contributed by atoms with Crippen molar-refractivity contribution in [2.24, 2.45) is 52.3 Å². The van der Waals surface area contributed by atoms with Gasteiger partial charge in [0.05, 0.1) is 24.9 Å². The van der Waals surface area contributed by atoms with Crippen molar-refractivity contribution in [2.45, 2.75) is 97.7 Å². The quantitative estimate of drug-likeness (QED) is 0.390. The summed E-state index contributed by atoms with van der Waals surface area (Å²) in [5, 5.41) is 22.5. The van der Waals surface area contributed by atoms with Crippen LogP contribution in [0.25, 0.3) is 6.08 Å². The van der Waals surface area contributed by atoms with Crippen LogP contribution in [0.15, 0.2) is 30.3 Å². The molecule has 1 aromatic rings. The molecule has 4 nitrogen and oxygen atoms in total. The first-order valence-corrected chi connectivity index (χ1v) is 15.4. The highest BCUT2D eigenvalue weighted by molar-refractivity contribution is 5.93. The molecule has 4 aliphatic rings. The lowest BCUT2D eigenvalue weighted by atomic mass is 9.41. The van der Waals surface area contributed by atoms with E-state index >= 15 is 0 Å². The Balaban J connectivity index is 1.33. The topological polar surface area (TPSA) is 66.8 Å². The number of carbonyl (C=O) groups excluding carboxylic acids is 1. The van der Waals surface area contributed by atoms with Gasteiger partial charge in [-0.1, -0.05) is 64.5 Å². The summed E-state index contributed by atoms with van der Waals surface area (Å²) in [4.78, 5) is 12.2. The molecule has 2 N–H and O–H groups in total. The van der Waals surface area contributed by atoms with Gasteiger partial charge in [0.25, 0.3) is 0 Å². The van der Waals surface area contributed by atoms with Crippen molar-refractivity contribution in [1.29, 1.82) is 0 Å². The number of methoxy groups -OCH3 is 1. The van der Waals surface area contributed by atoms with E-state index in [2.05, 4.69) is 39.8 Å². The smallest absolute Gasteiger partial charge is 0.338 e. The maximum atomic E-state index is 12.2. The number of esters is 1. The molecule has 11 atom stereocenters. The SMILES string of the molecule is CC[C@@H]1C2C[C@H](O)CC[C@@]2(C)[C@H]2CC[C@]3(C)[C@@H]([C@H](C)C/C=C/c4ccccc4C(=O)OC)CC[C@H]3C2[C@@H]1O. The number of rotatable bonds is 6. The number of benzene rings is 1. The summed E-state index contributed by atoms with van der Waals surface area (Å²) in [5.41, 5.74) is 2.06. The summed E-state index contributed by atoms with van der Waals surface area (Å²) in [6.07, 6.45) is 13.8. The lowest BCUT2D eigenvalue weighted by Crippen LogP contribution is -2.62. The monoisotopic (exact) mass is 522 g/mol. The van der Waals surface area contributed by atoms with Crippen molar-refractivity contribution in [2.75, 3.05) is 7.11 Å². The Morgan fingerprint density at radius 1 is 1.05 bits per heavy atom. The fourth-order valence-electron chi connectivity index (χ4n) is 10.4. The Labute approximate surface area is 230 Å². The van der Waals surface area contributed by atoms with Crippen LogP contribution >= 0.6 is 0 Å². The summed E-state index contributed by atoms with van der Waals surface area (Å²) in [6.45, 7) is 9.73. The largest absolute Gasteiger partial charge is 0.465 e. The Kier molecular flexibility index (Phi) is 7.88.